The molecule has 0 saturated heterocycles. The average molecular weight is 495 g/mol. The van der Waals surface area contributed by atoms with Gasteiger partial charge in [0.15, 0.2) is 0 Å². The van der Waals surface area contributed by atoms with Crippen molar-refractivity contribution < 1.29 is 36.2 Å². The summed E-state index contributed by atoms with van der Waals surface area (Å²) in [6.45, 7) is 5.17. The lowest BCUT2D eigenvalue weighted by molar-refractivity contribution is -0.139. The zero-order chi connectivity index (χ0) is 26.1. The number of carboxylic acids is 1. The molecular formula is C26H23F6NO2. The molecule has 0 aliphatic carbocycles. The van der Waals surface area contributed by atoms with Crippen molar-refractivity contribution in [2.75, 3.05) is 0 Å². The van der Waals surface area contributed by atoms with Crippen molar-refractivity contribution in [1.82, 2.24) is 4.98 Å². The molecule has 3 aromatic rings. The van der Waals surface area contributed by atoms with Gasteiger partial charge in [-0.3, -0.25) is 4.79 Å². The smallest absolute Gasteiger partial charge is 0.416 e. The molecule has 3 nitrogen and oxygen atoms in total. The molecule has 0 aliphatic heterocycles. The van der Waals surface area contributed by atoms with Gasteiger partial charge in [0.05, 0.1) is 28.4 Å². The van der Waals surface area contributed by atoms with Crippen molar-refractivity contribution in [3.8, 4) is 22.5 Å². The van der Waals surface area contributed by atoms with E-state index in [0.29, 0.717) is 11.1 Å². The summed E-state index contributed by atoms with van der Waals surface area (Å²) >= 11 is 0. The highest BCUT2D eigenvalue weighted by atomic mass is 19.4. The van der Waals surface area contributed by atoms with Crippen LogP contribution in [0.25, 0.3) is 22.5 Å². The van der Waals surface area contributed by atoms with E-state index in [2.05, 4.69) is 4.98 Å². The third-order valence-electron chi connectivity index (χ3n) is 5.46. The highest BCUT2D eigenvalue weighted by molar-refractivity contribution is 5.78. The van der Waals surface area contributed by atoms with Crippen molar-refractivity contribution in [2.45, 2.75) is 45.5 Å². The number of pyridine rings is 1. The molecule has 186 valence electrons. The zero-order valence-electron chi connectivity index (χ0n) is 19.1. The van der Waals surface area contributed by atoms with Crippen LogP contribution in [0.15, 0.2) is 54.6 Å². The van der Waals surface area contributed by atoms with Gasteiger partial charge in [-0.15, -0.1) is 0 Å². The number of carbonyl (C=O) groups is 1. The first-order valence-electron chi connectivity index (χ1n) is 10.8. The zero-order valence-corrected chi connectivity index (χ0v) is 19.1. The van der Waals surface area contributed by atoms with Crippen LogP contribution in [0.3, 0.4) is 0 Å². The molecule has 2 aromatic carbocycles. The summed E-state index contributed by atoms with van der Waals surface area (Å²) in [5, 5.41) is 9.83. The Bertz CT molecular complexity index is 1210. The van der Waals surface area contributed by atoms with Crippen LogP contribution in [0.5, 0.6) is 0 Å². The SMILES string of the molecule is Cc1cc(-c2cc(C(CC(C)C)C(=O)O)cc(-c3ccc(C(F)(F)F)cc3)n2)cc(C(F)(F)F)c1. The summed E-state index contributed by atoms with van der Waals surface area (Å²) in [6, 6.07) is 10.5. The molecule has 0 spiro atoms. The Labute approximate surface area is 198 Å². The fourth-order valence-corrected chi connectivity index (χ4v) is 3.82. The molecule has 1 unspecified atom stereocenters. The van der Waals surface area contributed by atoms with Gasteiger partial charge in [0.25, 0.3) is 0 Å². The maximum absolute atomic E-state index is 13.4. The van der Waals surface area contributed by atoms with Crippen molar-refractivity contribution >= 4 is 5.97 Å². The van der Waals surface area contributed by atoms with E-state index in [-0.39, 0.29) is 34.9 Å². The second-order valence-electron chi connectivity index (χ2n) is 8.85. The molecule has 1 aromatic heterocycles. The summed E-state index contributed by atoms with van der Waals surface area (Å²) in [4.78, 5) is 16.4. The number of nitrogens with zero attached hydrogens (tertiary/aromatic N) is 1. The molecule has 0 saturated carbocycles. The van der Waals surface area contributed by atoms with Gasteiger partial charge < -0.3 is 5.11 Å². The van der Waals surface area contributed by atoms with E-state index in [0.717, 1.165) is 24.3 Å². The monoisotopic (exact) mass is 495 g/mol. The van der Waals surface area contributed by atoms with Crippen molar-refractivity contribution in [3.05, 3.63) is 76.9 Å². The largest absolute Gasteiger partial charge is 0.481 e. The number of aryl methyl sites for hydroxylation is 1. The second kappa shape index (κ2) is 9.71. The number of alkyl halides is 6. The summed E-state index contributed by atoms with van der Waals surface area (Å²) in [5.41, 5.74) is -0.448. The van der Waals surface area contributed by atoms with Gasteiger partial charge in [-0.1, -0.05) is 26.0 Å². The molecule has 1 N–H and O–H groups in total. The summed E-state index contributed by atoms with van der Waals surface area (Å²) in [6.07, 6.45) is -8.89. The molecule has 1 atom stereocenters. The van der Waals surface area contributed by atoms with Crippen LogP contribution in [0.2, 0.25) is 0 Å². The van der Waals surface area contributed by atoms with Crippen LogP contribution >= 0.6 is 0 Å². The first-order chi connectivity index (χ1) is 16.1. The number of rotatable bonds is 6. The van der Waals surface area contributed by atoms with Crippen LogP contribution in [0.4, 0.5) is 26.3 Å². The van der Waals surface area contributed by atoms with Gasteiger partial charge in [-0.25, -0.2) is 4.98 Å². The van der Waals surface area contributed by atoms with E-state index in [1.807, 2.05) is 13.8 Å². The van der Waals surface area contributed by atoms with E-state index in [1.54, 1.807) is 0 Å². The first-order valence-corrected chi connectivity index (χ1v) is 10.8. The Kier molecular flexibility index (Phi) is 7.29. The maximum atomic E-state index is 13.4. The molecule has 3 rings (SSSR count). The highest BCUT2D eigenvalue weighted by Crippen LogP contribution is 2.36. The van der Waals surface area contributed by atoms with Crippen LogP contribution in [-0.2, 0) is 17.1 Å². The Balaban J connectivity index is 2.23. The van der Waals surface area contributed by atoms with E-state index in [4.69, 9.17) is 0 Å². The van der Waals surface area contributed by atoms with E-state index in [9.17, 15) is 36.2 Å². The third-order valence-corrected chi connectivity index (χ3v) is 5.46. The Morgan fingerprint density at radius 1 is 0.829 bits per heavy atom. The molecule has 0 fully saturated rings. The molecule has 0 aliphatic rings. The number of carboxylic acid groups (broad SMARTS) is 1. The average Bonchev–Trinajstić information content (AvgIpc) is 2.75. The molecule has 35 heavy (non-hydrogen) atoms. The van der Waals surface area contributed by atoms with Crippen molar-refractivity contribution in [2.24, 2.45) is 5.92 Å². The number of hydrogen-bond acceptors (Lipinski definition) is 2. The standard InChI is InChI=1S/C26H23F6NO2/c1-14(2)8-21(24(34)35)17-12-22(16-4-6-19(7-5-16)25(27,28)29)33-23(13-17)18-9-15(3)10-20(11-18)26(30,31)32/h4-7,9-14,21H,8H2,1-3H3,(H,34,35). The fourth-order valence-electron chi connectivity index (χ4n) is 3.82. The quantitative estimate of drug-likeness (QED) is 0.353. The maximum Gasteiger partial charge on any atom is 0.416 e. The predicted octanol–water partition coefficient (Wildman–Crippen LogP) is 7.98. The molecule has 9 heteroatoms. The Hall–Kier alpha value is -3.36. The normalized spacial score (nSPS) is 13.2. The number of aliphatic carboxylic acids is 1. The molecule has 0 radical (unpaired) electrons. The fraction of sp³-hybridized carbons (Fsp3) is 0.308. The van der Waals surface area contributed by atoms with Gasteiger partial charge in [0, 0.05) is 11.1 Å². The van der Waals surface area contributed by atoms with Gasteiger partial charge in [-0.2, -0.15) is 26.3 Å². The van der Waals surface area contributed by atoms with Gasteiger partial charge in [0.2, 0.25) is 0 Å². The number of halogens is 6. The van der Waals surface area contributed by atoms with Crippen molar-refractivity contribution in [3.63, 3.8) is 0 Å². The second-order valence-corrected chi connectivity index (χ2v) is 8.85. The van der Waals surface area contributed by atoms with E-state index < -0.39 is 35.4 Å². The van der Waals surface area contributed by atoms with Crippen molar-refractivity contribution in [1.29, 1.82) is 0 Å². The minimum absolute atomic E-state index is 0.00182. The van der Waals surface area contributed by atoms with Crippen LogP contribution in [0, 0.1) is 12.8 Å². The third kappa shape index (κ3) is 6.41. The van der Waals surface area contributed by atoms with Gasteiger partial charge in [-0.05, 0) is 72.9 Å². The Morgan fingerprint density at radius 3 is 1.86 bits per heavy atom. The summed E-state index contributed by atoms with van der Waals surface area (Å²) in [5.74, 6) is -2.09. The van der Waals surface area contributed by atoms with Crippen LogP contribution < -0.4 is 0 Å². The summed E-state index contributed by atoms with van der Waals surface area (Å²) in [7, 11) is 0. The number of aromatic nitrogens is 1. The Morgan fingerprint density at radius 2 is 1.37 bits per heavy atom. The lowest BCUT2D eigenvalue weighted by Gasteiger charge is -2.18. The first kappa shape index (κ1) is 26.2. The van der Waals surface area contributed by atoms with Gasteiger partial charge in [0.1, 0.15) is 0 Å². The summed E-state index contributed by atoms with van der Waals surface area (Å²) < 4.78 is 79.2. The number of hydrogen-bond donors (Lipinski definition) is 1. The predicted molar refractivity (Wildman–Crippen MR) is 120 cm³/mol. The molecule has 0 amide bonds. The lowest BCUT2D eigenvalue weighted by Crippen LogP contribution is -2.14. The number of benzene rings is 2. The van der Waals surface area contributed by atoms with Crippen LogP contribution in [-0.4, -0.2) is 16.1 Å². The van der Waals surface area contributed by atoms with E-state index in [1.165, 1.54) is 37.3 Å². The molecule has 1 heterocycles. The lowest BCUT2D eigenvalue weighted by atomic mass is 9.88. The van der Waals surface area contributed by atoms with Crippen LogP contribution in [0.1, 0.15) is 48.4 Å². The highest BCUT2D eigenvalue weighted by Gasteiger charge is 2.32. The minimum Gasteiger partial charge on any atom is -0.481 e. The minimum atomic E-state index is -4.60. The molecule has 0 bridgehead atoms. The van der Waals surface area contributed by atoms with E-state index >= 15 is 0 Å². The topological polar surface area (TPSA) is 50.2 Å². The van der Waals surface area contributed by atoms with Gasteiger partial charge >= 0.3 is 18.3 Å². The molecular weight excluding hydrogens is 472 g/mol.